The van der Waals surface area contributed by atoms with E-state index in [9.17, 15) is 9.59 Å². The van der Waals surface area contributed by atoms with Gasteiger partial charge in [0.15, 0.2) is 0 Å². The van der Waals surface area contributed by atoms with E-state index in [0.29, 0.717) is 34.0 Å². The highest BCUT2D eigenvalue weighted by Crippen LogP contribution is 2.23. The van der Waals surface area contributed by atoms with Gasteiger partial charge >= 0.3 is 0 Å². The van der Waals surface area contributed by atoms with Gasteiger partial charge in [0.1, 0.15) is 12.0 Å². The SMILES string of the molecule is Cc1cc(C(=O)Cc2cnc(Nc3ccc(Oc4ccon4)cc3)n(Cc3ccc(Cl)cc3)c2=O)on1. The van der Waals surface area contributed by atoms with Crippen molar-refractivity contribution in [3.63, 3.8) is 0 Å². The molecule has 0 aliphatic heterocycles. The molecule has 0 saturated carbocycles. The predicted octanol–water partition coefficient (Wildman–Crippen LogP) is 5.19. The van der Waals surface area contributed by atoms with Gasteiger partial charge in [-0.3, -0.25) is 14.2 Å². The lowest BCUT2D eigenvalue weighted by Crippen LogP contribution is -2.28. The van der Waals surface area contributed by atoms with Crippen LogP contribution in [-0.2, 0) is 13.0 Å². The maximum atomic E-state index is 13.5. The number of nitrogens with one attached hydrogen (secondary N) is 1. The summed E-state index contributed by atoms with van der Waals surface area (Å²) in [6.07, 6.45) is 2.64. The van der Waals surface area contributed by atoms with Crippen molar-refractivity contribution in [2.24, 2.45) is 0 Å². The molecule has 11 heteroatoms. The van der Waals surface area contributed by atoms with Gasteiger partial charge in [0.25, 0.3) is 11.4 Å². The third-order valence-electron chi connectivity index (χ3n) is 5.37. The number of aromatic nitrogens is 4. The van der Waals surface area contributed by atoms with Crippen LogP contribution in [0.15, 0.2) is 87.0 Å². The summed E-state index contributed by atoms with van der Waals surface area (Å²) in [6, 6.07) is 17.3. The lowest BCUT2D eigenvalue weighted by molar-refractivity contribution is 0.0956. The Kier molecular flexibility index (Phi) is 6.82. The summed E-state index contributed by atoms with van der Waals surface area (Å²) in [5, 5.41) is 11.2. The third kappa shape index (κ3) is 5.76. The van der Waals surface area contributed by atoms with Gasteiger partial charge in [-0.15, -0.1) is 0 Å². The number of halogens is 1. The van der Waals surface area contributed by atoms with E-state index in [4.69, 9.17) is 25.4 Å². The van der Waals surface area contributed by atoms with E-state index in [1.165, 1.54) is 23.1 Å². The van der Waals surface area contributed by atoms with Gasteiger partial charge in [-0.1, -0.05) is 28.9 Å². The molecule has 0 atom stereocenters. The quantitative estimate of drug-likeness (QED) is 0.263. The van der Waals surface area contributed by atoms with Crippen LogP contribution in [0.2, 0.25) is 5.02 Å². The Morgan fingerprint density at radius 3 is 2.54 bits per heavy atom. The number of aryl methyl sites for hydroxylation is 1. The summed E-state index contributed by atoms with van der Waals surface area (Å²) in [6.45, 7) is 1.93. The number of Topliss-reactive ketones (excluding diaryl/α,β-unsaturated/α-hetero) is 1. The molecule has 0 aliphatic carbocycles. The molecule has 0 radical (unpaired) electrons. The van der Waals surface area contributed by atoms with Crippen LogP contribution in [0.4, 0.5) is 11.6 Å². The second-order valence-electron chi connectivity index (χ2n) is 8.15. The molecule has 0 unspecified atom stereocenters. The summed E-state index contributed by atoms with van der Waals surface area (Å²) < 4.78 is 16.9. The van der Waals surface area contributed by atoms with E-state index < -0.39 is 0 Å². The monoisotopic (exact) mass is 517 g/mol. The first-order chi connectivity index (χ1) is 17.9. The molecule has 5 rings (SSSR count). The smallest absolute Gasteiger partial charge is 0.259 e. The molecule has 5 aromatic rings. The van der Waals surface area contributed by atoms with E-state index in [0.717, 1.165) is 5.56 Å². The van der Waals surface area contributed by atoms with Crippen molar-refractivity contribution in [3.05, 3.63) is 111 Å². The number of hydrogen-bond donors (Lipinski definition) is 1. The molecule has 10 nitrogen and oxygen atoms in total. The number of rotatable bonds is 9. The fourth-order valence-corrected chi connectivity index (χ4v) is 3.66. The van der Waals surface area contributed by atoms with Crippen molar-refractivity contribution in [2.75, 3.05) is 5.32 Å². The van der Waals surface area contributed by atoms with Crippen LogP contribution in [-0.4, -0.2) is 25.6 Å². The first kappa shape index (κ1) is 24.0. The summed E-state index contributed by atoms with van der Waals surface area (Å²) in [7, 11) is 0. The number of benzene rings is 2. The van der Waals surface area contributed by atoms with Gasteiger partial charge in [0, 0.05) is 41.0 Å². The summed E-state index contributed by atoms with van der Waals surface area (Å²) in [5.74, 6) is 0.932. The molecule has 0 saturated heterocycles. The number of ether oxygens (including phenoxy) is 1. The Labute approximate surface area is 215 Å². The van der Waals surface area contributed by atoms with Gasteiger partial charge in [0.05, 0.1) is 12.2 Å². The van der Waals surface area contributed by atoms with Crippen molar-refractivity contribution in [1.29, 1.82) is 0 Å². The van der Waals surface area contributed by atoms with Crippen molar-refractivity contribution in [1.82, 2.24) is 19.9 Å². The van der Waals surface area contributed by atoms with E-state index >= 15 is 0 Å². The Hall–Kier alpha value is -4.70. The molecule has 2 aromatic carbocycles. The standard InChI is InChI=1S/C26H20ClN5O5/c1-16-12-23(37-30-16)22(33)13-18-14-28-26(32(25(18)34)15-17-2-4-19(27)5-3-17)29-20-6-8-21(9-7-20)36-24-10-11-35-31-24/h2-12,14H,13,15H2,1H3,(H,28,29). The minimum Gasteiger partial charge on any atom is -0.436 e. The number of anilines is 2. The Morgan fingerprint density at radius 2 is 1.86 bits per heavy atom. The highest BCUT2D eigenvalue weighted by Gasteiger charge is 2.18. The van der Waals surface area contributed by atoms with Crippen molar-refractivity contribution in [3.8, 4) is 11.6 Å². The van der Waals surface area contributed by atoms with Crippen molar-refractivity contribution >= 4 is 29.0 Å². The van der Waals surface area contributed by atoms with Crippen LogP contribution < -0.4 is 15.6 Å². The van der Waals surface area contributed by atoms with Crippen LogP contribution >= 0.6 is 11.6 Å². The first-order valence-corrected chi connectivity index (χ1v) is 11.6. The predicted molar refractivity (Wildman–Crippen MR) is 135 cm³/mol. The second-order valence-corrected chi connectivity index (χ2v) is 8.58. The van der Waals surface area contributed by atoms with Crippen molar-refractivity contribution in [2.45, 2.75) is 19.9 Å². The zero-order valence-corrected chi connectivity index (χ0v) is 20.3. The average molecular weight is 518 g/mol. The molecule has 1 N–H and O–H groups in total. The number of nitrogens with zero attached hydrogens (tertiary/aromatic N) is 4. The molecule has 3 heterocycles. The van der Waals surface area contributed by atoms with Crippen LogP contribution in [0.3, 0.4) is 0 Å². The maximum Gasteiger partial charge on any atom is 0.259 e. The Bertz CT molecular complexity index is 1580. The van der Waals surface area contributed by atoms with Gasteiger partial charge in [-0.25, -0.2) is 4.98 Å². The highest BCUT2D eigenvalue weighted by molar-refractivity contribution is 6.30. The molecule has 0 spiro atoms. The second kappa shape index (κ2) is 10.5. The Balaban J connectivity index is 1.42. The molecular formula is C26H20ClN5O5. The molecule has 0 aliphatic rings. The fourth-order valence-electron chi connectivity index (χ4n) is 3.54. The van der Waals surface area contributed by atoms with Crippen molar-refractivity contribution < 1.29 is 18.6 Å². The normalized spacial score (nSPS) is 10.9. The minimum absolute atomic E-state index is 0.0938. The third-order valence-corrected chi connectivity index (χ3v) is 5.62. The molecular weight excluding hydrogens is 498 g/mol. The molecule has 3 aromatic heterocycles. The van der Waals surface area contributed by atoms with E-state index in [-0.39, 0.29) is 35.6 Å². The lowest BCUT2D eigenvalue weighted by atomic mass is 10.1. The zero-order chi connectivity index (χ0) is 25.8. The number of carbonyl (C=O) groups is 1. The average Bonchev–Trinajstić information content (AvgIpc) is 3.57. The van der Waals surface area contributed by atoms with Crippen LogP contribution in [0.1, 0.15) is 27.4 Å². The van der Waals surface area contributed by atoms with Crippen LogP contribution in [0.25, 0.3) is 0 Å². The fraction of sp³-hybridized carbons (Fsp3) is 0.115. The van der Waals surface area contributed by atoms with Gasteiger partial charge in [0.2, 0.25) is 17.5 Å². The number of hydrogen-bond acceptors (Lipinski definition) is 9. The summed E-state index contributed by atoms with van der Waals surface area (Å²) in [4.78, 5) is 30.6. The first-order valence-electron chi connectivity index (χ1n) is 11.2. The van der Waals surface area contributed by atoms with E-state index in [2.05, 4.69) is 20.6 Å². The minimum atomic E-state index is -0.360. The molecule has 0 fully saturated rings. The highest BCUT2D eigenvalue weighted by atomic mass is 35.5. The Morgan fingerprint density at radius 1 is 1.08 bits per heavy atom. The summed E-state index contributed by atoms with van der Waals surface area (Å²) >= 11 is 6.02. The lowest BCUT2D eigenvalue weighted by Gasteiger charge is -2.15. The van der Waals surface area contributed by atoms with Gasteiger partial charge in [-0.05, 0) is 54.0 Å². The van der Waals surface area contributed by atoms with Gasteiger partial charge < -0.3 is 19.1 Å². The molecule has 37 heavy (non-hydrogen) atoms. The number of carbonyl (C=O) groups excluding carboxylic acids is 1. The molecule has 186 valence electrons. The largest absolute Gasteiger partial charge is 0.436 e. The molecule has 0 bridgehead atoms. The van der Waals surface area contributed by atoms with Crippen LogP contribution in [0.5, 0.6) is 11.6 Å². The molecule has 0 amide bonds. The number of ketones is 1. The van der Waals surface area contributed by atoms with E-state index in [1.807, 2.05) is 12.1 Å². The summed E-state index contributed by atoms with van der Waals surface area (Å²) in [5.41, 5.74) is 1.96. The van der Waals surface area contributed by atoms with Crippen LogP contribution in [0, 0.1) is 6.92 Å². The topological polar surface area (TPSA) is 125 Å². The van der Waals surface area contributed by atoms with Gasteiger partial charge in [-0.2, -0.15) is 0 Å². The van der Waals surface area contributed by atoms with E-state index in [1.54, 1.807) is 49.4 Å². The zero-order valence-electron chi connectivity index (χ0n) is 19.6. The maximum absolute atomic E-state index is 13.5.